The summed E-state index contributed by atoms with van der Waals surface area (Å²) in [5.41, 5.74) is 0.247. The van der Waals surface area contributed by atoms with E-state index in [1.54, 1.807) is 0 Å². The molecule has 0 radical (unpaired) electrons. The van der Waals surface area contributed by atoms with Crippen LogP contribution in [0.2, 0.25) is 0 Å². The Morgan fingerprint density at radius 3 is 2.83 bits per heavy atom. The average molecular weight is 355 g/mol. The van der Waals surface area contributed by atoms with Gasteiger partial charge in [0.05, 0.1) is 31.5 Å². The van der Waals surface area contributed by atoms with Gasteiger partial charge in [-0.25, -0.2) is 0 Å². The summed E-state index contributed by atoms with van der Waals surface area (Å²) in [4.78, 5) is 7.10. The SMILES string of the molecule is CN=C(NCC1(N2CCOCC2)CCSC1)NC1CC2CCC1O2. The van der Waals surface area contributed by atoms with Gasteiger partial charge in [0, 0.05) is 38.0 Å². The molecule has 0 saturated carbocycles. The minimum absolute atomic E-state index is 0.247. The highest BCUT2D eigenvalue weighted by Gasteiger charge is 2.42. The maximum absolute atomic E-state index is 5.95. The number of nitrogens with one attached hydrogen (secondary N) is 2. The van der Waals surface area contributed by atoms with Crippen LogP contribution in [0.1, 0.15) is 25.7 Å². The number of nitrogens with zero attached hydrogens (tertiary/aromatic N) is 2. The number of ether oxygens (including phenoxy) is 2. The number of hydrogen-bond acceptors (Lipinski definition) is 5. The summed E-state index contributed by atoms with van der Waals surface area (Å²) in [6.07, 6.45) is 5.63. The highest BCUT2D eigenvalue weighted by atomic mass is 32.2. The van der Waals surface area contributed by atoms with Crippen molar-refractivity contribution >= 4 is 17.7 Å². The molecule has 0 aliphatic carbocycles. The van der Waals surface area contributed by atoms with Gasteiger partial charge in [-0.05, 0) is 31.4 Å². The Balaban J connectivity index is 1.34. The second-order valence-electron chi connectivity index (χ2n) is 7.41. The first-order valence-electron chi connectivity index (χ1n) is 9.32. The number of hydrogen-bond donors (Lipinski definition) is 2. The average Bonchev–Trinajstić information content (AvgIpc) is 3.36. The molecule has 4 rings (SSSR count). The molecule has 2 N–H and O–H groups in total. The van der Waals surface area contributed by atoms with Crippen molar-refractivity contribution in [2.75, 3.05) is 51.4 Å². The van der Waals surface area contributed by atoms with Crippen molar-refractivity contribution in [3.8, 4) is 0 Å². The first-order chi connectivity index (χ1) is 11.8. The third-order valence-corrected chi connectivity index (χ3v) is 7.24. The van der Waals surface area contributed by atoms with E-state index in [0.29, 0.717) is 18.2 Å². The number of morpholine rings is 1. The van der Waals surface area contributed by atoms with Crippen LogP contribution in [-0.4, -0.2) is 86.0 Å². The van der Waals surface area contributed by atoms with Crippen LogP contribution < -0.4 is 10.6 Å². The first kappa shape index (κ1) is 16.9. The molecule has 4 fully saturated rings. The maximum Gasteiger partial charge on any atom is 0.191 e. The molecule has 0 aromatic heterocycles. The smallest absolute Gasteiger partial charge is 0.191 e. The van der Waals surface area contributed by atoms with Crippen molar-refractivity contribution in [2.45, 2.75) is 49.5 Å². The van der Waals surface area contributed by atoms with Crippen LogP contribution in [-0.2, 0) is 9.47 Å². The van der Waals surface area contributed by atoms with Gasteiger partial charge in [0.15, 0.2) is 5.96 Å². The topological polar surface area (TPSA) is 58.1 Å². The lowest BCUT2D eigenvalue weighted by molar-refractivity contribution is -0.0120. The van der Waals surface area contributed by atoms with E-state index >= 15 is 0 Å². The number of thioether (sulfide) groups is 1. The standard InChI is InChI=1S/C17H30N4O2S/c1-18-16(20-14-10-13-2-3-15(14)23-13)19-11-17(4-9-24-12-17)21-5-7-22-8-6-21/h13-15H,2-12H2,1H3,(H2,18,19,20). The van der Waals surface area contributed by atoms with Gasteiger partial charge in [0.25, 0.3) is 0 Å². The van der Waals surface area contributed by atoms with E-state index in [2.05, 4.69) is 32.3 Å². The van der Waals surface area contributed by atoms with Gasteiger partial charge in [-0.2, -0.15) is 11.8 Å². The summed E-state index contributed by atoms with van der Waals surface area (Å²) >= 11 is 2.07. The van der Waals surface area contributed by atoms with Gasteiger partial charge in [0.2, 0.25) is 0 Å². The van der Waals surface area contributed by atoms with Crippen LogP contribution in [0.4, 0.5) is 0 Å². The van der Waals surface area contributed by atoms with Crippen molar-refractivity contribution in [2.24, 2.45) is 4.99 Å². The van der Waals surface area contributed by atoms with E-state index < -0.39 is 0 Å². The van der Waals surface area contributed by atoms with E-state index in [9.17, 15) is 0 Å². The fraction of sp³-hybridized carbons (Fsp3) is 0.941. The lowest BCUT2D eigenvalue weighted by Crippen LogP contribution is -2.60. The molecule has 0 spiro atoms. The summed E-state index contributed by atoms with van der Waals surface area (Å²) in [7, 11) is 1.87. The van der Waals surface area contributed by atoms with Gasteiger partial charge in [-0.15, -0.1) is 0 Å². The monoisotopic (exact) mass is 354 g/mol. The third kappa shape index (κ3) is 3.41. The molecule has 7 heteroatoms. The largest absolute Gasteiger partial charge is 0.379 e. The number of fused-ring (bicyclic) bond motifs is 2. The minimum Gasteiger partial charge on any atom is -0.379 e. The quantitative estimate of drug-likeness (QED) is 0.572. The zero-order chi connectivity index (χ0) is 16.4. The Bertz CT molecular complexity index is 464. The van der Waals surface area contributed by atoms with Gasteiger partial charge >= 0.3 is 0 Å². The van der Waals surface area contributed by atoms with E-state index in [1.165, 1.54) is 30.8 Å². The number of rotatable bonds is 4. The molecule has 4 aliphatic rings. The van der Waals surface area contributed by atoms with Crippen LogP contribution in [0.3, 0.4) is 0 Å². The molecule has 4 saturated heterocycles. The molecule has 6 nitrogen and oxygen atoms in total. The predicted molar refractivity (Wildman–Crippen MR) is 97.9 cm³/mol. The molecular formula is C17H30N4O2S. The van der Waals surface area contributed by atoms with E-state index in [0.717, 1.165) is 45.2 Å². The van der Waals surface area contributed by atoms with Crippen LogP contribution in [0.15, 0.2) is 4.99 Å². The molecule has 0 aromatic carbocycles. The van der Waals surface area contributed by atoms with Crippen molar-refractivity contribution in [3.63, 3.8) is 0 Å². The Hall–Kier alpha value is -0.500. The normalized spacial score (nSPS) is 40.2. The lowest BCUT2D eigenvalue weighted by Gasteiger charge is -2.43. The molecule has 0 amide bonds. The fourth-order valence-corrected chi connectivity index (χ4v) is 6.02. The number of aliphatic imine (C=N–C) groups is 1. The number of guanidine groups is 1. The van der Waals surface area contributed by atoms with Crippen LogP contribution in [0.25, 0.3) is 0 Å². The molecule has 2 bridgehead atoms. The van der Waals surface area contributed by atoms with E-state index in [1.807, 2.05) is 7.05 Å². The van der Waals surface area contributed by atoms with Crippen molar-refractivity contribution in [1.82, 2.24) is 15.5 Å². The summed E-state index contributed by atoms with van der Waals surface area (Å²) in [6.45, 7) is 4.79. The Morgan fingerprint density at radius 2 is 2.21 bits per heavy atom. The third-order valence-electron chi connectivity index (χ3n) is 6.00. The van der Waals surface area contributed by atoms with Crippen molar-refractivity contribution in [1.29, 1.82) is 0 Å². The summed E-state index contributed by atoms with van der Waals surface area (Å²) in [6, 6.07) is 0.423. The highest BCUT2D eigenvalue weighted by molar-refractivity contribution is 7.99. The predicted octanol–water partition coefficient (Wildman–Crippen LogP) is 0.679. The van der Waals surface area contributed by atoms with Crippen molar-refractivity contribution < 1.29 is 9.47 Å². The van der Waals surface area contributed by atoms with Crippen LogP contribution in [0.5, 0.6) is 0 Å². The zero-order valence-corrected chi connectivity index (χ0v) is 15.4. The van der Waals surface area contributed by atoms with Gasteiger partial charge in [-0.1, -0.05) is 0 Å². The Labute approximate surface area is 149 Å². The van der Waals surface area contributed by atoms with Crippen LogP contribution >= 0.6 is 11.8 Å². The second kappa shape index (κ2) is 7.40. The summed E-state index contributed by atoms with van der Waals surface area (Å²) in [5.74, 6) is 3.39. The van der Waals surface area contributed by atoms with Crippen molar-refractivity contribution in [3.05, 3.63) is 0 Å². The summed E-state index contributed by atoms with van der Waals surface area (Å²) in [5, 5.41) is 7.23. The van der Waals surface area contributed by atoms with E-state index in [4.69, 9.17) is 9.47 Å². The second-order valence-corrected chi connectivity index (χ2v) is 8.52. The highest BCUT2D eigenvalue weighted by Crippen LogP contribution is 2.35. The van der Waals surface area contributed by atoms with Gasteiger partial charge in [0.1, 0.15) is 0 Å². The molecule has 4 atom stereocenters. The van der Waals surface area contributed by atoms with Gasteiger partial charge < -0.3 is 20.1 Å². The summed E-state index contributed by atoms with van der Waals surface area (Å²) < 4.78 is 11.5. The molecule has 4 aliphatic heterocycles. The molecule has 0 aromatic rings. The lowest BCUT2D eigenvalue weighted by atomic mass is 9.95. The molecule has 4 unspecified atom stereocenters. The molecular weight excluding hydrogens is 324 g/mol. The van der Waals surface area contributed by atoms with E-state index in [-0.39, 0.29) is 5.54 Å². The molecule has 136 valence electrons. The zero-order valence-electron chi connectivity index (χ0n) is 14.6. The van der Waals surface area contributed by atoms with Gasteiger partial charge in [-0.3, -0.25) is 9.89 Å². The fourth-order valence-electron chi connectivity index (χ4n) is 4.54. The Kier molecular flexibility index (Phi) is 5.22. The minimum atomic E-state index is 0.247. The molecule has 24 heavy (non-hydrogen) atoms. The molecule has 4 heterocycles. The van der Waals surface area contributed by atoms with Crippen LogP contribution in [0, 0.1) is 0 Å². The maximum atomic E-state index is 5.95. The Morgan fingerprint density at radius 1 is 1.33 bits per heavy atom. The first-order valence-corrected chi connectivity index (χ1v) is 10.5.